The molecule has 1 heterocycles. The number of aromatic nitrogens is 1. The summed E-state index contributed by atoms with van der Waals surface area (Å²) in [5.74, 6) is 0. The van der Waals surface area contributed by atoms with Gasteiger partial charge in [0.25, 0.3) is 0 Å². The van der Waals surface area contributed by atoms with Crippen molar-refractivity contribution in [1.82, 2.24) is 4.98 Å². The minimum absolute atomic E-state index is 0.0369. The summed E-state index contributed by atoms with van der Waals surface area (Å²) in [6.45, 7) is 4.13. The minimum atomic E-state index is -0.322. The number of H-pyrrole nitrogens is 1. The van der Waals surface area contributed by atoms with Gasteiger partial charge in [-0.2, -0.15) is 0 Å². The van der Waals surface area contributed by atoms with E-state index in [1.807, 2.05) is 6.07 Å². The molecular formula is C12H16N2O. The SMILES string of the molecule is Cc1ccc2cc(C(N)CO)[nH]c2c1C. The molecule has 3 nitrogen and oxygen atoms in total. The third-order valence-corrected chi connectivity index (χ3v) is 2.94. The van der Waals surface area contributed by atoms with E-state index in [2.05, 4.69) is 31.0 Å². The summed E-state index contributed by atoms with van der Waals surface area (Å²) in [5, 5.41) is 10.1. The summed E-state index contributed by atoms with van der Waals surface area (Å²) in [5.41, 5.74) is 10.3. The molecule has 3 heteroatoms. The zero-order valence-electron chi connectivity index (χ0n) is 9.04. The Balaban J connectivity index is 2.61. The molecule has 1 atom stereocenters. The molecule has 0 saturated carbocycles. The van der Waals surface area contributed by atoms with Crippen molar-refractivity contribution in [3.8, 4) is 0 Å². The van der Waals surface area contributed by atoms with Gasteiger partial charge >= 0.3 is 0 Å². The first-order valence-electron chi connectivity index (χ1n) is 5.08. The highest BCUT2D eigenvalue weighted by molar-refractivity contribution is 5.84. The summed E-state index contributed by atoms with van der Waals surface area (Å²) in [6.07, 6.45) is 0. The third kappa shape index (κ3) is 1.64. The molecule has 4 N–H and O–H groups in total. The molecule has 1 aromatic heterocycles. The Kier molecular flexibility index (Phi) is 2.50. The van der Waals surface area contributed by atoms with Gasteiger partial charge in [0.05, 0.1) is 12.6 Å². The topological polar surface area (TPSA) is 62.0 Å². The van der Waals surface area contributed by atoms with Gasteiger partial charge in [-0.25, -0.2) is 0 Å². The van der Waals surface area contributed by atoms with Crippen LogP contribution in [0.1, 0.15) is 22.9 Å². The molecule has 15 heavy (non-hydrogen) atoms. The molecule has 2 rings (SSSR count). The second kappa shape index (κ2) is 3.68. The smallest absolute Gasteiger partial charge is 0.0683 e. The van der Waals surface area contributed by atoms with E-state index in [-0.39, 0.29) is 12.6 Å². The number of hydrogen-bond acceptors (Lipinski definition) is 2. The quantitative estimate of drug-likeness (QED) is 0.698. The number of fused-ring (bicyclic) bond motifs is 1. The summed E-state index contributed by atoms with van der Waals surface area (Å²) >= 11 is 0. The van der Waals surface area contributed by atoms with Crippen molar-refractivity contribution < 1.29 is 5.11 Å². The first-order valence-corrected chi connectivity index (χ1v) is 5.08. The Morgan fingerprint density at radius 3 is 2.80 bits per heavy atom. The first kappa shape index (κ1) is 10.2. The van der Waals surface area contributed by atoms with Gasteiger partial charge < -0.3 is 15.8 Å². The van der Waals surface area contributed by atoms with Gasteiger partial charge in [0.1, 0.15) is 0 Å². The van der Waals surface area contributed by atoms with Crippen molar-refractivity contribution in [2.24, 2.45) is 5.73 Å². The molecule has 0 saturated heterocycles. The standard InChI is InChI=1S/C12H16N2O/c1-7-3-4-9-5-11(10(13)6-15)14-12(9)8(7)2/h3-5,10,14-15H,6,13H2,1-2H3. The van der Waals surface area contributed by atoms with E-state index < -0.39 is 0 Å². The normalized spacial score (nSPS) is 13.3. The molecule has 0 aliphatic heterocycles. The zero-order chi connectivity index (χ0) is 11.0. The van der Waals surface area contributed by atoms with Crippen LogP contribution in [-0.4, -0.2) is 16.7 Å². The van der Waals surface area contributed by atoms with Gasteiger partial charge in [0.2, 0.25) is 0 Å². The van der Waals surface area contributed by atoms with Crippen LogP contribution >= 0.6 is 0 Å². The second-order valence-corrected chi connectivity index (χ2v) is 3.99. The fraction of sp³-hybridized carbons (Fsp3) is 0.333. The van der Waals surface area contributed by atoms with Gasteiger partial charge in [0, 0.05) is 11.2 Å². The molecule has 0 bridgehead atoms. The van der Waals surface area contributed by atoms with E-state index in [1.165, 1.54) is 11.1 Å². The van der Waals surface area contributed by atoms with Gasteiger partial charge in [-0.05, 0) is 36.4 Å². The molecule has 1 unspecified atom stereocenters. The first-order chi connectivity index (χ1) is 7.13. The molecule has 0 spiro atoms. The highest BCUT2D eigenvalue weighted by Crippen LogP contribution is 2.23. The number of aromatic amines is 1. The van der Waals surface area contributed by atoms with Crippen molar-refractivity contribution in [1.29, 1.82) is 0 Å². The summed E-state index contributed by atoms with van der Waals surface area (Å²) in [7, 11) is 0. The van der Waals surface area contributed by atoms with Crippen molar-refractivity contribution >= 4 is 10.9 Å². The number of aryl methyl sites for hydroxylation is 2. The maximum atomic E-state index is 8.99. The predicted molar refractivity (Wildman–Crippen MR) is 61.8 cm³/mol. The number of hydrogen-bond donors (Lipinski definition) is 3. The van der Waals surface area contributed by atoms with Crippen LogP contribution in [0.2, 0.25) is 0 Å². The average Bonchev–Trinajstić information content (AvgIpc) is 2.67. The number of rotatable bonds is 2. The highest BCUT2D eigenvalue weighted by atomic mass is 16.3. The molecule has 0 radical (unpaired) electrons. The van der Waals surface area contributed by atoms with E-state index in [4.69, 9.17) is 10.8 Å². The van der Waals surface area contributed by atoms with Gasteiger partial charge in [-0.3, -0.25) is 0 Å². The number of nitrogens with one attached hydrogen (secondary N) is 1. The summed E-state index contributed by atoms with van der Waals surface area (Å²) in [4.78, 5) is 3.27. The Morgan fingerprint density at radius 2 is 2.13 bits per heavy atom. The van der Waals surface area contributed by atoms with Crippen LogP contribution in [0.5, 0.6) is 0 Å². The zero-order valence-corrected chi connectivity index (χ0v) is 9.04. The van der Waals surface area contributed by atoms with E-state index in [1.54, 1.807) is 0 Å². The Morgan fingerprint density at radius 1 is 1.40 bits per heavy atom. The summed E-state index contributed by atoms with van der Waals surface area (Å²) in [6, 6.07) is 5.85. The third-order valence-electron chi connectivity index (χ3n) is 2.94. The van der Waals surface area contributed by atoms with E-state index in [0.29, 0.717) is 0 Å². The Bertz CT molecular complexity index is 488. The molecule has 0 fully saturated rings. The van der Waals surface area contributed by atoms with Crippen molar-refractivity contribution in [3.63, 3.8) is 0 Å². The lowest BCUT2D eigenvalue weighted by molar-refractivity contribution is 0.266. The minimum Gasteiger partial charge on any atom is -0.394 e. The molecule has 0 amide bonds. The fourth-order valence-corrected chi connectivity index (χ4v) is 1.77. The largest absolute Gasteiger partial charge is 0.394 e. The van der Waals surface area contributed by atoms with Gasteiger partial charge in [0.15, 0.2) is 0 Å². The molecule has 2 aromatic rings. The van der Waals surface area contributed by atoms with E-state index >= 15 is 0 Å². The number of aliphatic hydroxyl groups excluding tert-OH is 1. The monoisotopic (exact) mass is 204 g/mol. The van der Waals surface area contributed by atoms with Crippen LogP contribution < -0.4 is 5.73 Å². The maximum Gasteiger partial charge on any atom is 0.0683 e. The Labute approximate surface area is 88.9 Å². The van der Waals surface area contributed by atoms with Gasteiger partial charge in [-0.1, -0.05) is 12.1 Å². The van der Waals surface area contributed by atoms with E-state index in [0.717, 1.165) is 16.6 Å². The second-order valence-electron chi connectivity index (χ2n) is 3.99. The number of nitrogens with two attached hydrogens (primary N) is 1. The number of benzene rings is 1. The van der Waals surface area contributed by atoms with Crippen LogP contribution in [0.15, 0.2) is 18.2 Å². The fourth-order valence-electron chi connectivity index (χ4n) is 1.77. The van der Waals surface area contributed by atoms with Crippen LogP contribution in [0.25, 0.3) is 10.9 Å². The van der Waals surface area contributed by atoms with Crippen molar-refractivity contribution in [2.75, 3.05) is 6.61 Å². The molecular weight excluding hydrogens is 188 g/mol. The lowest BCUT2D eigenvalue weighted by Crippen LogP contribution is -2.14. The van der Waals surface area contributed by atoms with Crippen LogP contribution in [-0.2, 0) is 0 Å². The summed E-state index contributed by atoms with van der Waals surface area (Å²) < 4.78 is 0. The lowest BCUT2D eigenvalue weighted by atomic mass is 10.1. The molecule has 1 aromatic carbocycles. The average molecular weight is 204 g/mol. The highest BCUT2D eigenvalue weighted by Gasteiger charge is 2.09. The van der Waals surface area contributed by atoms with Crippen LogP contribution in [0.3, 0.4) is 0 Å². The van der Waals surface area contributed by atoms with Crippen LogP contribution in [0, 0.1) is 13.8 Å². The molecule has 0 aliphatic rings. The predicted octanol–water partition coefficient (Wildman–Crippen LogP) is 1.78. The van der Waals surface area contributed by atoms with Crippen molar-refractivity contribution in [3.05, 3.63) is 35.0 Å². The lowest BCUT2D eigenvalue weighted by Gasteiger charge is -2.04. The van der Waals surface area contributed by atoms with E-state index in [9.17, 15) is 0 Å². The molecule has 80 valence electrons. The number of aliphatic hydroxyl groups is 1. The van der Waals surface area contributed by atoms with Crippen molar-refractivity contribution in [2.45, 2.75) is 19.9 Å². The van der Waals surface area contributed by atoms with Crippen LogP contribution in [0.4, 0.5) is 0 Å². The van der Waals surface area contributed by atoms with Gasteiger partial charge in [-0.15, -0.1) is 0 Å². The molecule has 0 aliphatic carbocycles. The Hall–Kier alpha value is -1.32. The maximum absolute atomic E-state index is 8.99.